The summed E-state index contributed by atoms with van der Waals surface area (Å²) in [6, 6.07) is 18.2. The Morgan fingerprint density at radius 1 is 0.900 bits per heavy atom. The highest BCUT2D eigenvalue weighted by atomic mass is 35.5. The fourth-order valence-corrected chi connectivity index (χ4v) is 4.28. The van der Waals surface area contributed by atoms with Crippen LogP contribution in [0.3, 0.4) is 0 Å². The number of esters is 1. The van der Waals surface area contributed by atoms with E-state index in [2.05, 4.69) is 10.6 Å². The van der Waals surface area contributed by atoms with Gasteiger partial charge in [-0.2, -0.15) is 0 Å². The van der Waals surface area contributed by atoms with Gasteiger partial charge >= 0.3 is 5.97 Å². The average molecular weight is 580 g/mol. The largest absolute Gasteiger partial charge is 0.462 e. The summed E-state index contributed by atoms with van der Waals surface area (Å²) >= 11 is 12.4. The zero-order chi connectivity index (χ0) is 28.8. The summed E-state index contributed by atoms with van der Waals surface area (Å²) in [4.78, 5) is 51.2. The predicted octanol–water partition coefficient (Wildman–Crippen LogP) is 6.22. The number of nitrogens with zero attached hydrogens (tertiary/aromatic N) is 1. The third-order valence-electron chi connectivity index (χ3n) is 6.16. The summed E-state index contributed by atoms with van der Waals surface area (Å²) in [6.07, 6.45) is 1.85. The zero-order valence-corrected chi connectivity index (χ0v) is 23.4. The van der Waals surface area contributed by atoms with Crippen molar-refractivity contribution in [2.24, 2.45) is 0 Å². The molecule has 206 valence electrons. The number of nitrogens with one attached hydrogen (secondary N) is 2. The van der Waals surface area contributed by atoms with Crippen LogP contribution in [-0.2, 0) is 25.5 Å². The van der Waals surface area contributed by atoms with E-state index in [0.717, 1.165) is 28.9 Å². The van der Waals surface area contributed by atoms with Gasteiger partial charge in [-0.05, 0) is 73.0 Å². The number of amides is 3. The van der Waals surface area contributed by atoms with Gasteiger partial charge in [0.05, 0.1) is 24.3 Å². The van der Waals surface area contributed by atoms with Crippen molar-refractivity contribution in [2.75, 3.05) is 22.1 Å². The smallest absolute Gasteiger partial charge is 0.338 e. The molecule has 0 aliphatic carbocycles. The van der Waals surface area contributed by atoms with Crippen molar-refractivity contribution in [1.82, 2.24) is 0 Å². The molecule has 0 aromatic heterocycles. The Hall–Kier alpha value is -4.14. The van der Waals surface area contributed by atoms with Crippen molar-refractivity contribution in [2.45, 2.75) is 33.1 Å². The highest BCUT2D eigenvalue weighted by Crippen LogP contribution is 2.32. The molecular weight excluding hydrogens is 553 g/mol. The van der Waals surface area contributed by atoms with Crippen molar-refractivity contribution in [3.63, 3.8) is 0 Å². The number of carbonyl (C=O) groups is 4. The number of hydrogen-bond acceptors (Lipinski definition) is 6. The second-order valence-corrected chi connectivity index (χ2v) is 9.97. The van der Waals surface area contributed by atoms with Gasteiger partial charge in [-0.15, -0.1) is 0 Å². The summed E-state index contributed by atoms with van der Waals surface area (Å²) in [5.74, 6) is -1.89. The number of carbonyl (C=O) groups excluding carboxylic acids is 4. The third-order valence-corrected chi connectivity index (χ3v) is 6.92. The molecule has 0 fully saturated rings. The molecule has 40 heavy (non-hydrogen) atoms. The molecule has 0 spiro atoms. The standard InChI is InChI=1S/C30H27Cl2N3O5/c1-3-4-15-40-30(39)20-8-12-21(13-9-20)33-25(36)16-19-6-10-22(11-7-19)34-27-26(32)28(37)35(29(27)38)23-14-5-18(2)24(31)17-23/h5-14,17,34H,3-4,15-16H2,1-2H3,(H,33,36). The summed E-state index contributed by atoms with van der Waals surface area (Å²) in [5, 5.41) is 5.90. The van der Waals surface area contributed by atoms with E-state index in [0.29, 0.717) is 34.3 Å². The number of rotatable bonds is 10. The SMILES string of the molecule is CCCCOC(=O)c1ccc(NC(=O)Cc2ccc(NC3=C(Cl)C(=O)N(c4ccc(C)c(Cl)c4)C3=O)cc2)cc1. The maximum Gasteiger partial charge on any atom is 0.338 e. The van der Waals surface area contributed by atoms with Crippen LogP contribution in [0.4, 0.5) is 17.1 Å². The van der Waals surface area contributed by atoms with Crippen LogP contribution in [0.5, 0.6) is 0 Å². The van der Waals surface area contributed by atoms with Gasteiger partial charge in [-0.25, -0.2) is 9.69 Å². The molecule has 3 aromatic carbocycles. The lowest BCUT2D eigenvalue weighted by Crippen LogP contribution is -2.32. The fraction of sp³-hybridized carbons (Fsp3) is 0.200. The van der Waals surface area contributed by atoms with E-state index >= 15 is 0 Å². The van der Waals surface area contributed by atoms with Crippen LogP contribution in [0.15, 0.2) is 77.5 Å². The van der Waals surface area contributed by atoms with Crippen molar-refractivity contribution >= 4 is 64.0 Å². The maximum absolute atomic E-state index is 13.0. The topological polar surface area (TPSA) is 105 Å². The van der Waals surface area contributed by atoms with Crippen molar-refractivity contribution < 1.29 is 23.9 Å². The number of unbranched alkanes of at least 4 members (excludes halogenated alkanes) is 1. The minimum absolute atomic E-state index is 0.0495. The first-order valence-corrected chi connectivity index (χ1v) is 13.4. The van der Waals surface area contributed by atoms with E-state index in [4.69, 9.17) is 27.9 Å². The van der Waals surface area contributed by atoms with E-state index in [1.165, 1.54) is 6.07 Å². The van der Waals surface area contributed by atoms with E-state index < -0.39 is 17.8 Å². The molecule has 1 heterocycles. The molecule has 1 aliphatic rings. The average Bonchev–Trinajstić information content (AvgIpc) is 3.14. The number of aryl methyl sites for hydroxylation is 1. The van der Waals surface area contributed by atoms with Crippen LogP contribution in [0.1, 0.15) is 41.3 Å². The highest BCUT2D eigenvalue weighted by Gasteiger charge is 2.39. The van der Waals surface area contributed by atoms with Gasteiger partial charge in [0.25, 0.3) is 11.8 Å². The van der Waals surface area contributed by atoms with E-state index in [9.17, 15) is 19.2 Å². The van der Waals surface area contributed by atoms with Gasteiger partial charge in [-0.1, -0.05) is 54.7 Å². The van der Waals surface area contributed by atoms with Crippen LogP contribution >= 0.6 is 23.2 Å². The zero-order valence-electron chi connectivity index (χ0n) is 21.9. The molecule has 3 amide bonds. The molecule has 3 aromatic rings. The lowest BCUT2D eigenvalue weighted by Gasteiger charge is -2.16. The van der Waals surface area contributed by atoms with Crippen molar-refractivity contribution in [3.05, 3.63) is 99.2 Å². The van der Waals surface area contributed by atoms with Crippen LogP contribution in [0.25, 0.3) is 0 Å². The van der Waals surface area contributed by atoms with Gasteiger partial charge in [0.1, 0.15) is 10.7 Å². The summed E-state index contributed by atoms with van der Waals surface area (Å²) in [5.41, 5.74) is 3.30. The number of hydrogen-bond donors (Lipinski definition) is 2. The first-order valence-electron chi connectivity index (χ1n) is 12.7. The molecule has 4 rings (SSSR count). The van der Waals surface area contributed by atoms with Crippen LogP contribution in [-0.4, -0.2) is 30.3 Å². The minimum atomic E-state index is -0.649. The number of imide groups is 1. The number of ether oxygens (including phenoxy) is 1. The Bertz CT molecular complexity index is 1480. The van der Waals surface area contributed by atoms with E-state index in [1.54, 1.807) is 60.7 Å². The van der Waals surface area contributed by atoms with Gasteiger partial charge in [-0.3, -0.25) is 14.4 Å². The molecule has 8 nitrogen and oxygen atoms in total. The quantitative estimate of drug-likeness (QED) is 0.168. The normalized spacial score (nSPS) is 13.1. The number of halogens is 2. The molecule has 1 aliphatic heterocycles. The Kier molecular flexibility index (Phi) is 9.24. The summed E-state index contributed by atoms with van der Waals surface area (Å²) in [6.45, 7) is 4.21. The molecule has 2 N–H and O–H groups in total. The molecule has 0 saturated carbocycles. The van der Waals surface area contributed by atoms with E-state index in [1.807, 2.05) is 13.8 Å². The molecule has 10 heteroatoms. The third kappa shape index (κ3) is 6.70. The number of benzene rings is 3. The Morgan fingerprint density at radius 3 is 2.23 bits per heavy atom. The van der Waals surface area contributed by atoms with Crippen molar-refractivity contribution in [3.8, 4) is 0 Å². The van der Waals surface area contributed by atoms with Gasteiger partial charge < -0.3 is 15.4 Å². The molecule has 0 atom stereocenters. The molecule has 0 radical (unpaired) electrons. The summed E-state index contributed by atoms with van der Waals surface area (Å²) < 4.78 is 5.19. The Morgan fingerprint density at radius 2 is 1.57 bits per heavy atom. The number of anilines is 3. The lowest BCUT2D eigenvalue weighted by molar-refractivity contribution is -0.120. The fourth-order valence-electron chi connectivity index (χ4n) is 3.89. The molecule has 0 bridgehead atoms. The minimum Gasteiger partial charge on any atom is -0.462 e. The van der Waals surface area contributed by atoms with Crippen LogP contribution in [0, 0.1) is 6.92 Å². The van der Waals surface area contributed by atoms with Gasteiger partial charge in [0, 0.05) is 16.4 Å². The Labute approximate surface area is 241 Å². The lowest BCUT2D eigenvalue weighted by atomic mass is 10.1. The first kappa shape index (κ1) is 28.9. The Balaban J connectivity index is 1.34. The molecule has 0 unspecified atom stereocenters. The molecular formula is C30H27Cl2N3O5. The van der Waals surface area contributed by atoms with Gasteiger partial charge in [0.2, 0.25) is 5.91 Å². The first-order chi connectivity index (χ1) is 19.2. The summed E-state index contributed by atoms with van der Waals surface area (Å²) in [7, 11) is 0. The molecule has 0 saturated heterocycles. The highest BCUT2D eigenvalue weighted by molar-refractivity contribution is 6.53. The predicted molar refractivity (Wildman–Crippen MR) is 156 cm³/mol. The second kappa shape index (κ2) is 12.8. The second-order valence-electron chi connectivity index (χ2n) is 9.18. The maximum atomic E-state index is 13.0. The van der Waals surface area contributed by atoms with Crippen molar-refractivity contribution in [1.29, 1.82) is 0 Å². The van der Waals surface area contributed by atoms with E-state index in [-0.39, 0.29) is 23.1 Å². The van der Waals surface area contributed by atoms with Crippen LogP contribution < -0.4 is 15.5 Å². The van der Waals surface area contributed by atoms with Gasteiger partial charge in [0.15, 0.2) is 0 Å². The monoisotopic (exact) mass is 579 g/mol. The van der Waals surface area contributed by atoms with Crippen LogP contribution in [0.2, 0.25) is 5.02 Å².